The molecule has 0 spiro atoms. The van der Waals surface area contributed by atoms with Crippen LogP contribution in [0.15, 0.2) is 42.5 Å². The fraction of sp³-hybridized carbons (Fsp3) is 0.250. The van der Waals surface area contributed by atoms with Gasteiger partial charge < -0.3 is 0 Å². The van der Waals surface area contributed by atoms with Crippen molar-refractivity contribution in [1.29, 1.82) is 0 Å². The molecule has 0 saturated heterocycles. The van der Waals surface area contributed by atoms with E-state index < -0.39 is 0 Å². The number of hydrogen-bond donors (Lipinski definition) is 0. The van der Waals surface area contributed by atoms with E-state index in [9.17, 15) is 4.39 Å². The molecule has 0 fully saturated rings. The Labute approximate surface area is 112 Å². The normalized spacial score (nSPS) is 10.6. The molecule has 0 aliphatic rings. The Balaban J connectivity index is 2.29. The summed E-state index contributed by atoms with van der Waals surface area (Å²) in [5.41, 5.74) is 2.60. The van der Waals surface area contributed by atoms with Crippen molar-refractivity contribution >= 4 is 11.6 Å². The van der Waals surface area contributed by atoms with Crippen LogP contribution in [-0.2, 0) is 6.42 Å². The smallest absolute Gasteiger partial charge is 0.132 e. The number of benzene rings is 2. The van der Waals surface area contributed by atoms with Gasteiger partial charge in [-0.25, -0.2) is 4.39 Å². The summed E-state index contributed by atoms with van der Waals surface area (Å²) >= 11 is 6.05. The zero-order chi connectivity index (χ0) is 13.0. The van der Waals surface area contributed by atoms with Crippen LogP contribution in [0.25, 0.3) is 11.1 Å². The van der Waals surface area contributed by atoms with Gasteiger partial charge in [-0.2, -0.15) is 0 Å². The van der Waals surface area contributed by atoms with Gasteiger partial charge >= 0.3 is 0 Å². The molecule has 2 aromatic carbocycles. The van der Waals surface area contributed by atoms with Crippen LogP contribution in [0.1, 0.15) is 25.3 Å². The van der Waals surface area contributed by atoms with Crippen molar-refractivity contribution in [2.24, 2.45) is 0 Å². The van der Waals surface area contributed by atoms with E-state index in [-0.39, 0.29) is 5.82 Å². The lowest BCUT2D eigenvalue weighted by molar-refractivity contribution is 0.631. The third-order valence-corrected chi connectivity index (χ3v) is 3.34. The highest BCUT2D eigenvalue weighted by Gasteiger charge is 2.08. The maximum absolute atomic E-state index is 13.8. The van der Waals surface area contributed by atoms with Crippen LogP contribution in [-0.4, -0.2) is 0 Å². The minimum Gasteiger partial charge on any atom is -0.206 e. The third-order valence-electron chi connectivity index (χ3n) is 3.02. The zero-order valence-corrected chi connectivity index (χ0v) is 11.2. The Morgan fingerprint density at radius 3 is 2.39 bits per heavy atom. The van der Waals surface area contributed by atoms with E-state index >= 15 is 0 Å². The highest BCUT2D eigenvalue weighted by atomic mass is 35.5. The molecular formula is C16H16ClF. The summed E-state index contributed by atoms with van der Waals surface area (Å²) in [7, 11) is 0. The summed E-state index contributed by atoms with van der Waals surface area (Å²) in [5.74, 6) is -0.274. The molecule has 94 valence electrons. The molecule has 0 aliphatic carbocycles. The fourth-order valence-corrected chi connectivity index (χ4v) is 2.26. The molecule has 0 saturated carbocycles. The molecule has 0 heterocycles. The average Bonchev–Trinajstić information content (AvgIpc) is 2.37. The first-order valence-corrected chi connectivity index (χ1v) is 6.63. The summed E-state index contributed by atoms with van der Waals surface area (Å²) in [4.78, 5) is 0. The molecule has 0 amide bonds. The average molecular weight is 263 g/mol. The minimum atomic E-state index is -0.274. The molecule has 0 nitrogen and oxygen atoms in total. The molecular weight excluding hydrogens is 247 g/mol. The van der Waals surface area contributed by atoms with Gasteiger partial charge in [-0.15, -0.1) is 0 Å². The van der Waals surface area contributed by atoms with Crippen LogP contribution in [0, 0.1) is 5.82 Å². The second-order valence-electron chi connectivity index (χ2n) is 4.40. The van der Waals surface area contributed by atoms with E-state index in [2.05, 4.69) is 6.92 Å². The standard InChI is InChI=1S/C16H16ClF/c1-2-3-5-12-8-10-13(11-9-12)16-14(17)6-4-7-15(16)18/h4,6-11H,2-3,5H2,1H3. The van der Waals surface area contributed by atoms with Crippen molar-refractivity contribution in [2.45, 2.75) is 26.2 Å². The van der Waals surface area contributed by atoms with Crippen molar-refractivity contribution in [2.75, 3.05) is 0 Å². The quantitative estimate of drug-likeness (QED) is 0.684. The van der Waals surface area contributed by atoms with Gasteiger partial charge in [-0.3, -0.25) is 0 Å². The highest BCUT2D eigenvalue weighted by molar-refractivity contribution is 6.33. The third kappa shape index (κ3) is 2.91. The molecule has 0 radical (unpaired) electrons. The summed E-state index contributed by atoms with van der Waals surface area (Å²) in [6, 6.07) is 12.8. The first-order chi connectivity index (χ1) is 8.72. The molecule has 2 aromatic rings. The number of halogens is 2. The lowest BCUT2D eigenvalue weighted by atomic mass is 10.0. The Kier molecular flexibility index (Phi) is 4.38. The van der Waals surface area contributed by atoms with Crippen molar-refractivity contribution < 1.29 is 4.39 Å². The Morgan fingerprint density at radius 2 is 1.78 bits per heavy atom. The summed E-state index contributed by atoms with van der Waals surface area (Å²) < 4.78 is 13.8. The molecule has 0 N–H and O–H groups in total. The van der Waals surface area contributed by atoms with Gasteiger partial charge in [-0.1, -0.05) is 55.3 Å². The van der Waals surface area contributed by atoms with Gasteiger partial charge in [0, 0.05) is 5.56 Å². The Bertz CT molecular complexity index is 497. The number of unbranched alkanes of at least 4 members (excludes halogenated alkanes) is 1. The molecule has 2 heteroatoms. The van der Waals surface area contributed by atoms with E-state index in [0.29, 0.717) is 10.6 Å². The fourth-order valence-electron chi connectivity index (χ4n) is 1.99. The van der Waals surface area contributed by atoms with Crippen LogP contribution in [0.3, 0.4) is 0 Å². The second-order valence-corrected chi connectivity index (χ2v) is 4.80. The van der Waals surface area contributed by atoms with Crippen molar-refractivity contribution in [3.63, 3.8) is 0 Å². The van der Waals surface area contributed by atoms with Crippen LogP contribution in [0.2, 0.25) is 5.02 Å². The van der Waals surface area contributed by atoms with E-state index in [1.807, 2.05) is 24.3 Å². The molecule has 18 heavy (non-hydrogen) atoms. The summed E-state index contributed by atoms with van der Waals surface area (Å²) in [5, 5.41) is 0.455. The zero-order valence-electron chi connectivity index (χ0n) is 10.4. The molecule has 0 bridgehead atoms. The van der Waals surface area contributed by atoms with Gasteiger partial charge in [0.25, 0.3) is 0 Å². The minimum absolute atomic E-state index is 0.274. The molecule has 0 aromatic heterocycles. The topological polar surface area (TPSA) is 0 Å². The van der Waals surface area contributed by atoms with Gasteiger partial charge in [0.15, 0.2) is 0 Å². The lowest BCUT2D eigenvalue weighted by Gasteiger charge is -2.07. The van der Waals surface area contributed by atoms with Gasteiger partial charge in [0.05, 0.1) is 5.02 Å². The number of hydrogen-bond acceptors (Lipinski definition) is 0. The van der Waals surface area contributed by atoms with Crippen LogP contribution in [0.4, 0.5) is 4.39 Å². The predicted octanol–water partition coefficient (Wildman–Crippen LogP) is 5.49. The van der Waals surface area contributed by atoms with Crippen LogP contribution in [0.5, 0.6) is 0 Å². The summed E-state index contributed by atoms with van der Waals surface area (Å²) in [6.45, 7) is 2.17. The highest BCUT2D eigenvalue weighted by Crippen LogP contribution is 2.30. The van der Waals surface area contributed by atoms with E-state index in [1.165, 1.54) is 24.5 Å². The molecule has 0 unspecified atom stereocenters. The van der Waals surface area contributed by atoms with Crippen molar-refractivity contribution in [3.8, 4) is 11.1 Å². The molecule has 0 aliphatic heterocycles. The lowest BCUT2D eigenvalue weighted by Crippen LogP contribution is -1.88. The Morgan fingerprint density at radius 1 is 1.06 bits per heavy atom. The predicted molar refractivity (Wildman–Crippen MR) is 75.5 cm³/mol. The van der Waals surface area contributed by atoms with Crippen LogP contribution >= 0.6 is 11.6 Å². The van der Waals surface area contributed by atoms with Gasteiger partial charge in [0.2, 0.25) is 0 Å². The monoisotopic (exact) mass is 262 g/mol. The maximum Gasteiger partial charge on any atom is 0.132 e. The van der Waals surface area contributed by atoms with Gasteiger partial charge in [-0.05, 0) is 36.1 Å². The van der Waals surface area contributed by atoms with Crippen LogP contribution < -0.4 is 0 Å². The number of rotatable bonds is 4. The maximum atomic E-state index is 13.8. The largest absolute Gasteiger partial charge is 0.206 e. The van der Waals surface area contributed by atoms with Gasteiger partial charge in [0.1, 0.15) is 5.82 Å². The first-order valence-electron chi connectivity index (χ1n) is 6.25. The molecule has 2 rings (SSSR count). The van der Waals surface area contributed by atoms with E-state index in [4.69, 9.17) is 11.6 Å². The first kappa shape index (κ1) is 13.1. The van der Waals surface area contributed by atoms with Crippen molar-refractivity contribution in [1.82, 2.24) is 0 Å². The Hall–Kier alpha value is -1.34. The molecule has 0 atom stereocenters. The van der Waals surface area contributed by atoms with E-state index in [0.717, 1.165) is 12.0 Å². The van der Waals surface area contributed by atoms with Crippen molar-refractivity contribution in [3.05, 3.63) is 58.9 Å². The van der Waals surface area contributed by atoms with E-state index in [1.54, 1.807) is 12.1 Å². The second kappa shape index (κ2) is 6.01. The SMILES string of the molecule is CCCCc1ccc(-c2c(F)cccc2Cl)cc1. The summed E-state index contributed by atoms with van der Waals surface area (Å²) in [6.07, 6.45) is 3.43. The number of aryl methyl sites for hydroxylation is 1.